The minimum atomic E-state index is -0.549. The Hall–Kier alpha value is -2.32. The van der Waals surface area contributed by atoms with Gasteiger partial charge in [0.1, 0.15) is 11.6 Å². The number of hydrogen-bond donors (Lipinski definition) is 3. The summed E-state index contributed by atoms with van der Waals surface area (Å²) in [6, 6.07) is 1.83. The molecule has 0 radical (unpaired) electrons. The van der Waals surface area contributed by atoms with Gasteiger partial charge in [0.15, 0.2) is 5.82 Å². The van der Waals surface area contributed by atoms with Crippen molar-refractivity contribution in [1.82, 2.24) is 14.9 Å². The van der Waals surface area contributed by atoms with Crippen LogP contribution in [-0.2, 0) is 23.2 Å². The van der Waals surface area contributed by atoms with Gasteiger partial charge in [0, 0.05) is 30.5 Å². The third-order valence-electron chi connectivity index (χ3n) is 6.05. The number of amides is 1. The van der Waals surface area contributed by atoms with Gasteiger partial charge in [0.2, 0.25) is 5.91 Å². The lowest BCUT2D eigenvalue weighted by atomic mass is 9.87. The fourth-order valence-electron chi connectivity index (χ4n) is 4.13. The van der Waals surface area contributed by atoms with E-state index >= 15 is 0 Å². The van der Waals surface area contributed by atoms with Gasteiger partial charge in [-0.15, -0.1) is 0 Å². The van der Waals surface area contributed by atoms with Gasteiger partial charge in [-0.1, -0.05) is 13.3 Å². The molecule has 2 unspecified atom stereocenters. The van der Waals surface area contributed by atoms with Crippen LogP contribution in [0.2, 0.25) is 0 Å². The average molecular weight is 435 g/mol. The molecule has 3 N–H and O–H groups in total. The Morgan fingerprint density at radius 3 is 2.87 bits per heavy atom. The second kappa shape index (κ2) is 9.87. The minimum absolute atomic E-state index is 0.0594. The van der Waals surface area contributed by atoms with E-state index in [0.29, 0.717) is 49.0 Å². The molecule has 1 aliphatic carbocycles. The summed E-state index contributed by atoms with van der Waals surface area (Å²) in [5.74, 6) is -0.798. The highest BCUT2D eigenvalue weighted by atomic mass is 19.1. The third kappa shape index (κ3) is 5.68. The fourth-order valence-corrected chi connectivity index (χ4v) is 4.13. The summed E-state index contributed by atoms with van der Waals surface area (Å²) in [4.78, 5) is 17.2. The number of aliphatic hydroxyl groups is 1. The number of nitrogens with zero attached hydrogens (tertiary/aromatic N) is 2. The Morgan fingerprint density at radius 1 is 1.39 bits per heavy atom. The van der Waals surface area contributed by atoms with Crippen molar-refractivity contribution < 1.29 is 18.7 Å². The van der Waals surface area contributed by atoms with Crippen LogP contribution in [0, 0.1) is 11.6 Å². The van der Waals surface area contributed by atoms with E-state index in [9.17, 15) is 18.7 Å². The van der Waals surface area contributed by atoms with Gasteiger partial charge >= 0.3 is 0 Å². The molecule has 0 saturated carbocycles. The van der Waals surface area contributed by atoms with Gasteiger partial charge in [-0.05, 0) is 63.1 Å². The molecule has 170 valence electrons. The molecule has 1 aromatic carbocycles. The molecule has 1 aromatic heterocycles. The van der Waals surface area contributed by atoms with E-state index in [4.69, 9.17) is 0 Å². The van der Waals surface area contributed by atoms with E-state index in [0.717, 1.165) is 12.5 Å². The smallest absolute Gasteiger partial charge is 0.242 e. The zero-order valence-electron chi connectivity index (χ0n) is 18.4. The molecule has 0 fully saturated rings. The molecule has 3 rings (SSSR count). The maximum Gasteiger partial charge on any atom is 0.242 e. The van der Waals surface area contributed by atoms with Crippen molar-refractivity contribution in [3.8, 4) is 0 Å². The zero-order valence-corrected chi connectivity index (χ0v) is 18.4. The molecule has 2 atom stereocenters. The topological polar surface area (TPSA) is 79.2 Å². The Morgan fingerprint density at radius 2 is 2.16 bits per heavy atom. The molecule has 1 amide bonds. The highest BCUT2D eigenvalue weighted by Crippen LogP contribution is 2.26. The predicted molar refractivity (Wildman–Crippen MR) is 116 cm³/mol. The Kier molecular flexibility index (Phi) is 7.43. The molecular formula is C23H32F2N4O2. The highest BCUT2D eigenvalue weighted by Gasteiger charge is 2.27. The number of anilines is 1. The Bertz CT molecular complexity index is 913. The van der Waals surface area contributed by atoms with Gasteiger partial charge in [-0.25, -0.2) is 13.8 Å². The SMILES string of the molecule is CCCC(NC1CCc2cc(F)cc(F)c2C1)C(=O)Nc1cn(C(C)(C)CCO)cn1. The molecule has 31 heavy (non-hydrogen) atoms. The number of hydrogen-bond acceptors (Lipinski definition) is 4. The van der Waals surface area contributed by atoms with Crippen molar-refractivity contribution in [2.24, 2.45) is 0 Å². The molecular weight excluding hydrogens is 402 g/mol. The van der Waals surface area contributed by atoms with Crippen molar-refractivity contribution in [1.29, 1.82) is 0 Å². The summed E-state index contributed by atoms with van der Waals surface area (Å²) in [6.45, 7) is 6.05. The van der Waals surface area contributed by atoms with E-state index in [-0.39, 0.29) is 24.1 Å². The first kappa shape index (κ1) is 23.3. The van der Waals surface area contributed by atoms with Crippen LogP contribution >= 0.6 is 0 Å². The van der Waals surface area contributed by atoms with E-state index < -0.39 is 17.7 Å². The van der Waals surface area contributed by atoms with Crippen molar-refractivity contribution in [3.05, 3.63) is 47.4 Å². The summed E-state index contributed by atoms with van der Waals surface area (Å²) < 4.78 is 29.6. The van der Waals surface area contributed by atoms with Gasteiger partial charge in [0.25, 0.3) is 0 Å². The van der Waals surface area contributed by atoms with Crippen LogP contribution in [0.3, 0.4) is 0 Å². The van der Waals surface area contributed by atoms with Gasteiger partial charge in [0.05, 0.1) is 12.4 Å². The van der Waals surface area contributed by atoms with E-state index in [1.165, 1.54) is 6.07 Å². The number of benzene rings is 1. The highest BCUT2D eigenvalue weighted by molar-refractivity contribution is 5.94. The van der Waals surface area contributed by atoms with Crippen LogP contribution in [0.25, 0.3) is 0 Å². The molecule has 1 heterocycles. The second-order valence-corrected chi connectivity index (χ2v) is 8.91. The average Bonchev–Trinajstić information content (AvgIpc) is 3.17. The molecule has 2 aromatic rings. The first-order valence-corrected chi connectivity index (χ1v) is 10.9. The Labute approximate surface area is 182 Å². The molecule has 0 aliphatic heterocycles. The third-order valence-corrected chi connectivity index (χ3v) is 6.05. The molecule has 6 nitrogen and oxygen atoms in total. The van der Waals surface area contributed by atoms with Gasteiger partial charge in [-0.3, -0.25) is 4.79 Å². The predicted octanol–water partition coefficient (Wildman–Crippen LogP) is 3.53. The first-order valence-electron chi connectivity index (χ1n) is 10.9. The summed E-state index contributed by atoms with van der Waals surface area (Å²) in [5.41, 5.74) is 0.930. The minimum Gasteiger partial charge on any atom is -0.396 e. The quantitative estimate of drug-likeness (QED) is 0.564. The van der Waals surface area contributed by atoms with Crippen LogP contribution in [0.15, 0.2) is 24.7 Å². The number of nitrogens with one attached hydrogen (secondary N) is 2. The first-order chi connectivity index (χ1) is 14.7. The van der Waals surface area contributed by atoms with Crippen LogP contribution in [-0.4, -0.2) is 39.3 Å². The lowest BCUT2D eigenvalue weighted by molar-refractivity contribution is -0.118. The number of fused-ring (bicyclic) bond motifs is 1. The fraction of sp³-hybridized carbons (Fsp3) is 0.565. The van der Waals surface area contributed by atoms with Gasteiger partial charge < -0.3 is 20.3 Å². The standard InChI is InChI=1S/C23H32F2N4O2/c1-4-5-20(22(31)28-21-13-29(14-26-21)23(2,3)8-9-30)27-17-7-6-15-10-16(24)11-19(25)18(15)12-17/h10-11,13-14,17,20,27,30H,4-9,12H2,1-3H3,(H,28,31). The number of carbonyl (C=O) groups is 1. The number of rotatable bonds is 9. The van der Waals surface area contributed by atoms with E-state index in [1.807, 2.05) is 25.3 Å². The van der Waals surface area contributed by atoms with Crippen LogP contribution in [0.1, 0.15) is 57.6 Å². The van der Waals surface area contributed by atoms with Crippen LogP contribution < -0.4 is 10.6 Å². The maximum atomic E-state index is 14.2. The molecule has 1 aliphatic rings. The molecule has 0 saturated heterocycles. The summed E-state index contributed by atoms with van der Waals surface area (Å²) in [7, 11) is 0. The number of imidazole rings is 1. The largest absolute Gasteiger partial charge is 0.396 e. The molecule has 0 spiro atoms. The number of carbonyl (C=O) groups excluding carboxylic acids is 1. The normalized spacial score (nSPS) is 17.3. The number of aryl methyl sites for hydroxylation is 1. The number of aromatic nitrogens is 2. The van der Waals surface area contributed by atoms with Crippen molar-refractivity contribution in [3.63, 3.8) is 0 Å². The maximum absolute atomic E-state index is 14.2. The summed E-state index contributed by atoms with van der Waals surface area (Å²) in [5, 5.41) is 15.5. The van der Waals surface area contributed by atoms with E-state index in [2.05, 4.69) is 15.6 Å². The summed E-state index contributed by atoms with van der Waals surface area (Å²) in [6.07, 6.45) is 7.15. The zero-order chi connectivity index (χ0) is 22.6. The number of halogens is 2. The molecule has 8 heteroatoms. The second-order valence-electron chi connectivity index (χ2n) is 8.91. The Balaban J connectivity index is 1.65. The van der Waals surface area contributed by atoms with Crippen molar-refractivity contribution in [2.75, 3.05) is 11.9 Å². The van der Waals surface area contributed by atoms with Crippen LogP contribution in [0.4, 0.5) is 14.6 Å². The van der Waals surface area contributed by atoms with Crippen molar-refractivity contribution in [2.45, 2.75) is 76.9 Å². The van der Waals surface area contributed by atoms with Crippen molar-refractivity contribution >= 4 is 11.7 Å². The molecule has 0 bridgehead atoms. The lowest BCUT2D eigenvalue weighted by Gasteiger charge is -2.29. The van der Waals surface area contributed by atoms with Crippen LogP contribution in [0.5, 0.6) is 0 Å². The van der Waals surface area contributed by atoms with Gasteiger partial charge in [-0.2, -0.15) is 0 Å². The lowest BCUT2D eigenvalue weighted by Crippen LogP contribution is -2.48. The number of aliphatic hydroxyl groups excluding tert-OH is 1. The summed E-state index contributed by atoms with van der Waals surface area (Å²) >= 11 is 0. The monoisotopic (exact) mass is 434 g/mol. The van der Waals surface area contributed by atoms with E-state index in [1.54, 1.807) is 12.5 Å².